The first-order chi connectivity index (χ1) is 13.7. The highest BCUT2D eigenvalue weighted by molar-refractivity contribution is 6.33. The van der Waals surface area contributed by atoms with Crippen LogP contribution in [0.4, 0.5) is 4.79 Å². The zero-order chi connectivity index (χ0) is 21.3. The van der Waals surface area contributed by atoms with Gasteiger partial charge in [-0.05, 0) is 38.5 Å². The maximum Gasteiger partial charge on any atom is 0.410 e. The van der Waals surface area contributed by atoms with Gasteiger partial charge < -0.3 is 19.3 Å². The molecule has 0 aromatic heterocycles. The van der Waals surface area contributed by atoms with Crippen molar-refractivity contribution < 1.29 is 19.1 Å². The van der Waals surface area contributed by atoms with Crippen molar-refractivity contribution in [2.45, 2.75) is 32.4 Å². The van der Waals surface area contributed by atoms with Gasteiger partial charge >= 0.3 is 12.1 Å². The number of carbonyl (C=O) groups is 2. The number of rotatable bonds is 2. The molecule has 7 nitrogen and oxygen atoms in total. The number of methoxy groups -OCH3 is 1. The van der Waals surface area contributed by atoms with E-state index in [1.807, 2.05) is 31.7 Å². The van der Waals surface area contributed by atoms with Crippen LogP contribution in [0.25, 0.3) is 5.57 Å². The second-order valence-electron chi connectivity index (χ2n) is 8.09. The Kier molecular flexibility index (Phi) is 5.76. The molecule has 2 aliphatic heterocycles. The fourth-order valence-electron chi connectivity index (χ4n) is 3.76. The normalized spacial score (nSPS) is 21.5. The molecule has 1 fully saturated rings. The highest BCUT2D eigenvalue weighted by Gasteiger charge is 2.48. The molecule has 1 aromatic rings. The molecular weight excluding hydrogens is 394 g/mol. The van der Waals surface area contributed by atoms with Crippen molar-refractivity contribution >= 4 is 29.2 Å². The van der Waals surface area contributed by atoms with Gasteiger partial charge in [-0.25, -0.2) is 4.79 Å². The molecular formula is C21H24ClN3O4. The van der Waals surface area contributed by atoms with Gasteiger partial charge in [0.2, 0.25) is 0 Å². The van der Waals surface area contributed by atoms with Crippen LogP contribution in [0.15, 0.2) is 29.4 Å². The SMILES string of the molecule is COC(=O)C1C(c2cccc(C#N)c2)=C(Cl)N2CCN(C(=O)OC(C)(C)C)CC12. The topological polar surface area (TPSA) is 82.9 Å². The average molecular weight is 418 g/mol. The summed E-state index contributed by atoms with van der Waals surface area (Å²) >= 11 is 6.69. The molecule has 29 heavy (non-hydrogen) atoms. The van der Waals surface area contributed by atoms with Crippen LogP contribution in [0, 0.1) is 17.2 Å². The molecule has 0 aliphatic carbocycles. The molecule has 2 unspecified atom stereocenters. The molecule has 154 valence electrons. The first-order valence-corrected chi connectivity index (χ1v) is 9.76. The van der Waals surface area contributed by atoms with Crippen LogP contribution in [0.1, 0.15) is 31.9 Å². The number of amides is 1. The summed E-state index contributed by atoms with van der Waals surface area (Å²) in [7, 11) is 1.33. The predicted molar refractivity (Wildman–Crippen MR) is 108 cm³/mol. The fraction of sp³-hybridized carbons (Fsp3) is 0.476. The van der Waals surface area contributed by atoms with Crippen molar-refractivity contribution in [2.75, 3.05) is 26.7 Å². The summed E-state index contributed by atoms with van der Waals surface area (Å²) in [5.41, 5.74) is 1.18. The van der Waals surface area contributed by atoms with Gasteiger partial charge in [-0.15, -0.1) is 0 Å². The number of benzene rings is 1. The maximum absolute atomic E-state index is 12.7. The Morgan fingerprint density at radius 2 is 2.00 bits per heavy atom. The van der Waals surface area contributed by atoms with E-state index in [9.17, 15) is 14.9 Å². The van der Waals surface area contributed by atoms with Crippen molar-refractivity contribution in [3.8, 4) is 6.07 Å². The minimum absolute atomic E-state index is 0.284. The molecule has 2 heterocycles. The lowest BCUT2D eigenvalue weighted by atomic mass is 9.88. The van der Waals surface area contributed by atoms with Crippen LogP contribution in [0.5, 0.6) is 0 Å². The monoisotopic (exact) mass is 417 g/mol. The number of nitriles is 1. The van der Waals surface area contributed by atoms with Crippen molar-refractivity contribution in [1.82, 2.24) is 9.80 Å². The maximum atomic E-state index is 12.7. The van der Waals surface area contributed by atoms with E-state index in [1.54, 1.807) is 23.1 Å². The van der Waals surface area contributed by atoms with E-state index in [2.05, 4.69) is 6.07 Å². The van der Waals surface area contributed by atoms with Gasteiger partial charge in [0.1, 0.15) is 16.7 Å². The predicted octanol–water partition coefficient (Wildman–Crippen LogP) is 3.19. The minimum atomic E-state index is -0.674. The third-order valence-electron chi connectivity index (χ3n) is 5.00. The third-order valence-corrected chi connectivity index (χ3v) is 5.42. The van der Waals surface area contributed by atoms with Gasteiger partial charge in [-0.3, -0.25) is 4.79 Å². The number of fused-ring (bicyclic) bond motifs is 1. The molecule has 0 N–H and O–H groups in total. The summed E-state index contributed by atoms with van der Waals surface area (Å²) in [6, 6.07) is 8.71. The molecule has 0 radical (unpaired) electrons. The van der Waals surface area contributed by atoms with E-state index < -0.39 is 23.6 Å². The van der Waals surface area contributed by atoms with Crippen LogP contribution in [-0.2, 0) is 14.3 Å². The lowest BCUT2D eigenvalue weighted by Crippen LogP contribution is -2.55. The summed E-state index contributed by atoms with van der Waals surface area (Å²) in [5, 5.41) is 9.68. The van der Waals surface area contributed by atoms with Gasteiger partial charge in [0, 0.05) is 25.2 Å². The molecule has 1 saturated heterocycles. The van der Waals surface area contributed by atoms with Gasteiger partial charge in [-0.2, -0.15) is 5.26 Å². The Labute approximate surface area is 175 Å². The first-order valence-electron chi connectivity index (χ1n) is 9.39. The molecule has 0 saturated carbocycles. The summed E-state index contributed by atoms with van der Waals surface area (Å²) < 4.78 is 10.5. The molecule has 2 atom stereocenters. The Morgan fingerprint density at radius 3 is 2.62 bits per heavy atom. The van der Waals surface area contributed by atoms with Crippen LogP contribution in [0.3, 0.4) is 0 Å². The van der Waals surface area contributed by atoms with E-state index in [1.165, 1.54) is 7.11 Å². The van der Waals surface area contributed by atoms with E-state index in [-0.39, 0.29) is 12.6 Å². The van der Waals surface area contributed by atoms with E-state index in [0.717, 1.165) is 0 Å². The van der Waals surface area contributed by atoms with Crippen molar-refractivity contribution in [1.29, 1.82) is 5.26 Å². The summed E-state index contributed by atoms with van der Waals surface area (Å²) in [5.74, 6) is -1.11. The largest absolute Gasteiger partial charge is 0.468 e. The Hall–Kier alpha value is -2.72. The van der Waals surface area contributed by atoms with Crippen LogP contribution >= 0.6 is 11.6 Å². The number of hydrogen-bond acceptors (Lipinski definition) is 6. The Morgan fingerprint density at radius 1 is 1.28 bits per heavy atom. The summed E-state index contributed by atoms with van der Waals surface area (Å²) in [6.45, 7) is 6.62. The smallest absolute Gasteiger partial charge is 0.410 e. The molecule has 0 bridgehead atoms. The molecule has 8 heteroatoms. The fourth-order valence-corrected chi connectivity index (χ4v) is 4.20. The van der Waals surface area contributed by atoms with E-state index >= 15 is 0 Å². The molecule has 0 spiro atoms. The summed E-state index contributed by atoms with van der Waals surface area (Å²) in [6.07, 6.45) is -0.420. The quantitative estimate of drug-likeness (QED) is 0.543. The zero-order valence-corrected chi connectivity index (χ0v) is 17.7. The minimum Gasteiger partial charge on any atom is -0.468 e. The van der Waals surface area contributed by atoms with Crippen molar-refractivity contribution in [3.05, 3.63) is 40.5 Å². The Bertz CT molecular complexity index is 900. The number of esters is 1. The second kappa shape index (κ2) is 7.96. The molecule has 1 aromatic carbocycles. The van der Waals surface area contributed by atoms with Gasteiger partial charge in [0.05, 0.1) is 24.8 Å². The first kappa shape index (κ1) is 21.0. The van der Waals surface area contributed by atoms with Crippen LogP contribution < -0.4 is 0 Å². The lowest BCUT2D eigenvalue weighted by Gasteiger charge is -2.40. The van der Waals surface area contributed by atoms with Crippen molar-refractivity contribution in [3.63, 3.8) is 0 Å². The zero-order valence-electron chi connectivity index (χ0n) is 16.9. The number of carbonyl (C=O) groups excluding carboxylic acids is 2. The number of ether oxygens (including phenoxy) is 2. The lowest BCUT2D eigenvalue weighted by molar-refractivity contribution is -0.145. The Balaban J connectivity index is 1.94. The highest BCUT2D eigenvalue weighted by Crippen LogP contribution is 2.44. The molecule has 2 aliphatic rings. The number of nitrogens with zero attached hydrogens (tertiary/aromatic N) is 3. The molecule has 1 amide bonds. The highest BCUT2D eigenvalue weighted by atomic mass is 35.5. The van der Waals surface area contributed by atoms with Gasteiger partial charge in [0.25, 0.3) is 0 Å². The molecule has 3 rings (SSSR count). The third kappa shape index (κ3) is 4.18. The van der Waals surface area contributed by atoms with Gasteiger partial charge in [-0.1, -0.05) is 23.7 Å². The number of hydrogen-bond donors (Lipinski definition) is 0. The van der Waals surface area contributed by atoms with E-state index in [0.29, 0.717) is 34.9 Å². The van der Waals surface area contributed by atoms with Crippen LogP contribution in [0.2, 0.25) is 0 Å². The number of piperazine rings is 1. The standard InChI is InChI=1S/C21H24ClN3O4/c1-21(2,3)29-20(27)24-8-9-25-15(12-24)17(19(26)28-4)16(18(25)22)14-7-5-6-13(10-14)11-23/h5-7,10,15,17H,8-9,12H2,1-4H3. The second-order valence-corrected chi connectivity index (χ2v) is 8.44. The van der Waals surface area contributed by atoms with E-state index in [4.69, 9.17) is 21.1 Å². The van der Waals surface area contributed by atoms with Crippen LogP contribution in [-0.4, -0.2) is 60.2 Å². The van der Waals surface area contributed by atoms with Gasteiger partial charge in [0.15, 0.2) is 0 Å². The number of halogens is 1. The average Bonchev–Trinajstić information content (AvgIpc) is 2.98. The van der Waals surface area contributed by atoms with Crippen molar-refractivity contribution in [2.24, 2.45) is 5.92 Å². The summed E-state index contributed by atoms with van der Waals surface area (Å²) in [4.78, 5) is 28.8.